The molecule has 3 aromatic carbocycles. The summed E-state index contributed by atoms with van der Waals surface area (Å²) in [5.41, 5.74) is 11.3. The Morgan fingerprint density at radius 1 is 1.09 bits per heavy atom. The van der Waals surface area contributed by atoms with Crippen LogP contribution in [-0.2, 0) is 13.0 Å². The summed E-state index contributed by atoms with van der Waals surface area (Å²) in [7, 11) is 0. The molecule has 1 unspecified atom stereocenters. The highest BCUT2D eigenvalue weighted by Gasteiger charge is 2.30. The van der Waals surface area contributed by atoms with E-state index in [1.807, 2.05) is 60.8 Å². The number of hydrogen-bond donors (Lipinski definition) is 1. The molecule has 7 heteroatoms. The van der Waals surface area contributed by atoms with E-state index in [0.717, 1.165) is 23.2 Å². The maximum Gasteiger partial charge on any atom is 0.205 e. The number of ether oxygens (including phenoxy) is 2. The van der Waals surface area contributed by atoms with Crippen molar-refractivity contribution in [1.82, 2.24) is 15.0 Å². The second-order valence-corrected chi connectivity index (χ2v) is 8.00. The molecule has 0 fully saturated rings. The third-order valence-corrected chi connectivity index (χ3v) is 5.86. The molecule has 34 heavy (non-hydrogen) atoms. The third kappa shape index (κ3) is 4.09. The van der Waals surface area contributed by atoms with Crippen LogP contribution in [0.25, 0.3) is 5.69 Å². The van der Waals surface area contributed by atoms with Crippen molar-refractivity contribution < 1.29 is 9.47 Å². The molecular weight excluding hydrogens is 426 g/mol. The van der Waals surface area contributed by atoms with Crippen LogP contribution in [-0.4, -0.2) is 15.0 Å². The second-order valence-electron chi connectivity index (χ2n) is 8.00. The first-order valence-electron chi connectivity index (χ1n) is 11.1. The average molecular weight is 450 g/mol. The molecule has 2 heterocycles. The minimum absolute atomic E-state index is 0.109. The molecule has 1 aliphatic heterocycles. The van der Waals surface area contributed by atoms with Crippen LogP contribution in [0.2, 0.25) is 0 Å². The molecule has 0 radical (unpaired) electrons. The lowest BCUT2D eigenvalue weighted by Gasteiger charge is -2.26. The molecule has 1 aliphatic rings. The van der Waals surface area contributed by atoms with Crippen LogP contribution < -0.4 is 15.2 Å². The Labute approximate surface area is 197 Å². The molecule has 0 aliphatic carbocycles. The number of benzene rings is 3. The fraction of sp³-hybridized carbons (Fsp3) is 0.148. The van der Waals surface area contributed by atoms with Gasteiger partial charge >= 0.3 is 0 Å². The topological polar surface area (TPSA) is 99.0 Å². The van der Waals surface area contributed by atoms with Crippen molar-refractivity contribution in [1.29, 1.82) is 5.26 Å². The smallest absolute Gasteiger partial charge is 0.205 e. The van der Waals surface area contributed by atoms with Gasteiger partial charge in [-0.15, -0.1) is 5.10 Å². The minimum atomic E-state index is -0.289. The quantitative estimate of drug-likeness (QED) is 0.461. The van der Waals surface area contributed by atoms with Crippen LogP contribution in [0.5, 0.6) is 11.5 Å². The van der Waals surface area contributed by atoms with Gasteiger partial charge < -0.3 is 15.2 Å². The van der Waals surface area contributed by atoms with E-state index in [4.69, 9.17) is 15.2 Å². The molecule has 2 N–H and O–H groups in total. The van der Waals surface area contributed by atoms with E-state index < -0.39 is 0 Å². The average Bonchev–Trinajstić information content (AvgIpc) is 3.36. The summed E-state index contributed by atoms with van der Waals surface area (Å²) in [4.78, 5) is 0. The molecular formula is C27H23N5O2. The zero-order valence-corrected chi connectivity index (χ0v) is 18.7. The summed E-state index contributed by atoms with van der Waals surface area (Å²) in [5.74, 6) is 1.00. The predicted octanol–water partition coefficient (Wildman–Crippen LogP) is 4.63. The number of hydrogen-bond acceptors (Lipinski definition) is 6. The monoisotopic (exact) mass is 449 g/mol. The van der Waals surface area contributed by atoms with E-state index in [0.29, 0.717) is 22.8 Å². The Bertz CT molecular complexity index is 1380. The van der Waals surface area contributed by atoms with Gasteiger partial charge in [0, 0.05) is 11.6 Å². The van der Waals surface area contributed by atoms with Crippen molar-refractivity contribution in [3.05, 3.63) is 113 Å². The molecule has 0 saturated heterocycles. The lowest BCUT2D eigenvalue weighted by molar-refractivity contribution is 0.298. The molecule has 168 valence electrons. The maximum atomic E-state index is 9.69. The highest BCUT2D eigenvalue weighted by atomic mass is 16.5. The Balaban J connectivity index is 1.34. The van der Waals surface area contributed by atoms with E-state index in [-0.39, 0.29) is 18.4 Å². The number of nitriles is 1. The number of aromatic nitrogens is 3. The Morgan fingerprint density at radius 3 is 2.62 bits per heavy atom. The van der Waals surface area contributed by atoms with E-state index in [2.05, 4.69) is 35.4 Å². The van der Waals surface area contributed by atoms with Crippen LogP contribution in [0, 0.1) is 11.3 Å². The van der Waals surface area contributed by atoms with Crippen LogP contribution in [0.1, 0.15) is 35.2 Å². The van der Waals surface area contributed by atoms with Gasteiger partial charge in [-0.3, -0.25) is 0 Å². The van der Waals surface area contributed by atoms with E-state index >= 15 is 0 Å². The Kier molecular flexibility index (Phi) is 5.71. The van der Waals surface area contributed by atoms with Crippen molar-refractivity contribution in [3.63, 3.8) is 0 Å². The largest absolute Gasteiger partial charge is 0.487 e. The van der Waals surface area contributed by atoms with Crippen molar-refractivity contribution >= 4 is 0 Å². The molecule has 1 atom stereocenters. The lowest BCUT2D eigenvalue weighted by atomic mass is 9.83. The zero-order chi connectivity index (χ0) is 23.5. The molecule has 0 amide bonds. The van der Waals surface area contributed by atoms with Gasteiger partial charge in [0.2, 0.25) is 5.88 Å². The Morgan fingerprint density at radius 2 is 1.88 bits per heavy atom. The number of aryl methyl sites for hydroxylation is 1. The van der Waals surface area contributed by atoms with Gasteiger partial charge in [-0.2, -0.15) is 5.26 Å². The maximum absolute atomic E-state index is 9.69. The number of allylic oxidation sites excluding steroid dienone is 1. The van der Waals surface area contributed by atoms with Crippen LogP contribution in [0.3, 0.4) is 0 Å². The number of fused-ring (bicyclic) bond motifs is 1. The van der Waals surface area contributed by atoms with Gasteiger partial charge in [0.1, 0.15) is 35.4 Å². The number of nitrogens with zero attached hydrogens (tertiary/aromatic N) is 4. The number of nitrogens with two attached hydrogens (primary N) is 1. The highest BCUT2D eigenvalue weighted by Crippen LogP contribution is 2.43. The van der Waals surface area contributed by atoms with Crippen molar-refractivity contribution in [2.45, 2.75) is 25.9 Å². The van der Waals surface area contributed by atoms with Crippen LogP contribution in [0.15, 0.2) is 90.4 Å². The number of rotatable bonds is 6. The fourth-order valence-corrected chi connectivity index (χ4v) is 4.05. The molecule has 0 saturated carbocycles. The lowest BCUT2D eigenvalue weighted by Crippen LogP contribution is -2.21. The van der Waals surface area contributed by atoms with Gasteiger partial charge in [0.15, 0.2) is 0 Å². The van der Waals surface area contributed by atoms with Crippen LogP contribution >= 0.6 is 0 Å². The standard InChI is InChI=1S/C27H23N5O2/c1-2-18-8-10-21(11-9-18)32-16-20(30-31-32)17-33-22-12-13-23-25(14-22)34-27(29)24(15-28)26(23)19-6-4-3-5-7-19/h3-14,16,26H,2,17,29H2,1H3. The summed E-state index contributed by atoms with van der Waals surface area (Å²) in [5, 5.41) is 18.1. The SMILES string of the molecule is CCc1ccc(-n2cc(COc3ccc4c(c3)OC(N)=C(C#N)C4c3ccccc3)nn2)cc1. The first-order chi connectivity index (χ1) is 16.7. The van der Waals surface area contributed by atoms with Crippen molar-refractivity contribution in [2.24, 2.45) is 5.73 Å². The molecule has 7 nitrogen and oxygen atoms in total. The Hall–Kier alpha value is -4.57. The van der Waals surface area contributed by atoms with Crippen LogP contribution in [0.4, 0.5) is 0 Å². The van der Waals surface area contributed by atoms with E-state index in [1.54, 1.807) is 10.7 Å². The van der Waals surface area contributed by atoms with Gasteiger partial charge in [0.05, 0.1) is 17.8 Å². The van der Waals surface area contributed by atoms with Crippen molar-refractivity contribution in [2.75, 3.05) is 0 Å². The first kappa shape index (κ1) is 21.3. The van der Waals surface area contributed by atoms with Gasteiger partial charge in [0.25, 0.3) is 0 Å². The highest BCUT2D eigenvalue weighted by molar-refractivity contribution is 5.57. The summed E-state index contributed by atoms with van der Waals surface area (Å²) in [6.07, 6.45) is 2.84. The summed E-state index contributed by atoms with van der Waals surface area (Å²) >= 11 is 0. The van der Waals surface area contributed by atoms with Gasteiger partial charge in [-0.1, -0.05) is 60.7 Å². The first-order valence-corrected chi connectivity index (χ1v) is 11.1. The third-order valence-electron chi connectivity index (χ3n) is 5.86. The fourth-order valence-electron chi connectivity index (χ4n) is 4.05. The van der Waals surface area contributed by atoms with E-state index in [9.17, 15) is 5.26 Å². The summed E-state index contributed by atoms with van der Waals surface area (Å²) in [6, 6.07) is 25.8. The zero-order valence-electron chi connectivity index (χ0n) is 18.7. The molecule has 1 aromatic heterocycles. The summed E-state index contributed by atoms with van der Waals surface area (Å²) in [6.45, 7) is 2.38. The molecule has 0 spiro atoms. The molecule has 0 bridgehead atoms. The van der Waals surface area contributed by atoms with Gasteiger partial charge in [-0.25, -0.2) is 4.68 Å². The van der Waals surface area contributed by atoms with Crippen molar-refractivity contribution in [3.8, 4) is 23.3 Å². The normalized spacial score (nSPS) is 14.8. The van der Waals surface area contributed by atoms with E-state index in [1.165, 1.54) is 5.56 Å². The molecule has 5 rings (SSSR count). The minimum Gasteiger partial charge on any atom is -0.487 e. The van der Waals surface area contributed by atoms with Gasteiger partial charge in [-0.05, 0) is 35.7 Å². The molecule has 4 aromatic rings. The summed E-state index contributed by atoms with van der Waals surface area (Å²) < 4.78 is 13.5. The predicted molar refractivity (Wildman–Crippen MR) is 127 cm³/mol. The second kappa shape index (κ2) is 9.12.